The van der Waals surface area contributed by atoms with E-state index in [1.807, 2.05) is 6.92 Å². The molecular weight excluding hydrogens is 297 g/mol. The molecule has 0 aromatic carbocycles. The molecule has 130 valence electrons. The van der Waals surface area contributed by atoms with E-state index in [2.05, 4.69) is 15.2 Å². The second kappa shape index (κ2) is 9.19. The molecule has 1 aliphatic heterocycles. The standard InChI is InChI=1S/C14H27F3N4O/c1-4-22-10-12-5-7-21(9-12)13(18-2)19-6-8-20(3)11-14(15,16)17/h12H,4-11H2,1-3H3,(H,18,19). The number of rotatable bonds is 7. The maximum absolute atomic E-state index is 12.2. The highest BCUT2D eigenvalue weighted by molar-refractivity contribution is 5.80. The van der Waals surface area contributed by atoms with Crippen molar-refractivity contribution in [3.63, 3.8) is 0 Å². The zero-order chi connectivity index (χ0) is 16.6. The zero-order valence-corrected chi connectivity index (χ0v) is 13.6. The quantitative estimate of drug-likeness (QED) is 0.568. The van der Waals surface area contributed by atoms with Crippen molar-refractivity contribution >= 4 is 5.96 Å². The molecule has 0 radical (unpaired) electrons. The number of guanidine groups is 1. The highest BCUT2D eigenvalue weighted by Crippen LogP contribution is 2.17. The largest absolute Gasteiger partial charge is 0.401 e. The lowest BCUT2D eigenvalue weighted by molar-refractivity contribution is -0.142. The van der Waals surface area contributed by atoms with Gasteiger partial charge in [-0.3, -0.25) is 9.89 Å². The van der Waals surface area contributed by atoms with Gasteiger partial charge in [-0.2, -0.15) is 13.2 Å². The first-order valence-corrected chi connectivity index (χ1v) is 7.64. The van der Waals surface area contributed by atoms with Crippen molar-refractivity contribution < 1.29 is 17.9 Å². The molecule has 8 heteroatoms. The molecule has 1 aliphatic rings. The Morgan fingerprint density at radius 3 is 2.77 bits per heavy atom. The summed E-state index contributed by atoms with van der Waals surface area (Å²) >= 11 is 0. The van der Waals surface area contributed by atoms with E-state index in [-0.39, 0.29) is 0 Å². The summed E-state index contributed by atoms with van der Waals surface area (Å²) in [5.41, 5.74) is 0. The van der Waals surface area contributed by atoms with Gasteiger partial charge in [-0.25, -0.2) is 0 Å². The van der Waals surface area contributed by atoms with Gasteiger partial charge in [-0.1, -0.05) is 0 Å². The molecule has 0 bridgehead atoms. The Hall–Kier alpha value is -1.02. The fourth-order valence-electron chi connectivity index (χ4n) is 2.52. The fraction of sp³-hybridized carbons (Fsp3) is 0.929. The van der Waals surface area contributed by atoms with Crippen molar-refractivity contribution in [2.45, 2.75) is 19.5 Å². The van der Waals surface area contributed by atoms with Crippen LogP contribution in [-0.2, 0) is 4.74 Å². The van der Waals surface area contributed by atoms with E-state index < -0.39 is 12.7 Å². The lowest BCUT2D eigenvalue weighted by Crippen LogP contribution is -2.44. The maximum atomic E-state index is 12.2. The average molecular weight is 324 g/mol. The topological polar surface area (TPSA) is 40.1 Å². The first-order valence-electron chi connectivity index (χ1n) is 7.64. The summed E-state index contributed by atoms with van der Waals surface area (Å²) in [4.78, 5) is 7.59. The van der Waals surface area contributed by atoms with Gasteiger partial charge in [-0.15, -0.1) is 0 Å². The Morgan fingerprint density at radius 2 is 2.18 bits per heavy atom. The van der Waals surface area contributed by atoms with Gasteiger partial charge >= 0.3 is 6.18 Å². The molecule has 0 saturated carbocycles. The number of alkyl halides is 3. The molecule has 1 heterocycles. The predicted molar refractivity (Wildman–Crippen MR) is 81.1 cm³/mol. The molecule has 0 amide bonds. The van der Waals surface area contributed by atoms with Gasteiger partial charge < -0.3 is 15.0 Å². The van der Waals surface area contributed by atoms with Crippen LogP contribution >= 0.6 is 0 Å². The van der Waals surface area contributed by atoms with E-state index in [9.17, 15) is 13.2 Å². The normalized spacial score (nSPS) is 20.0. The van der Waals surface area contributed by atoms with Crippen LogP contribution in [0.15, 0.2) is 4.99 Å². The van der Waals surface area contributed by atoms with Crippen LogP contribution in [0.5, 0.6) is 0 Å². The lowest BCUT2D eigenvalue weighted by atomic mass is 10.1. The molecule has 1 N–H and O–H groups in total. The van der Waals surface area contributed by atoms with Crippen LogP contribution in [0, 0.1) is 5.92 Å². The molecule has 0 aliphatic carbocycles. The minimum Gasteiger partial charge on any atom is -0.381 e. The predicted octanol–water partition coefficient (Wildman–Crippen LogP) is 1.41. The minimum atomic E-state index is -4.15. The number of ether oxygens (including phenoxy) is 1. The molecule has 0 aromatic rings. The highest BCUT2D eigenvalue weighted by atomic mass is 19.4. The van der Waals surface area contributed by atoms with Crippen LogP contribution in [-0.4, -0.2) is 82.0 Å². The summed E-state index contributed by atoms with van der Waals surface area (Å²) in [6, 6.07) is 0. The summed E-state index contributed by atoms with van der Waals surface area (Å²) in [6.45, 7) is 5.07. The van der Waals surface area contributed by atoms with Gasteiger partial charge in [0, 0.05) is 45.8 Å². The van der Waals surface area contributed by atoms with Crippen LogP contribution in [0.25, 0.3) is 0 Å². The highest BCUT2D eigenvalue weighted by Gasteiger charge is 2.29. The first kappa shape index (κ1) is 19.0. The van der Waals surface area contributed by atoms with Crippen molar-refractivity contribution in [3.05, 3.63) is 0 Å². The fourth-order valence-corrected chi connectivity index (χ4v) is 2.52. The molecule has 1 unspecified atom stereocenters. The van der Waals surface area contributed by atoms with Gasteiger partial charge in [0.2, 0.25) is 0 Å². The summed E-state index contributed by atoms with van der Waals surface area (Å²) in [5.74, 6) is 1.24. The van der Waals surface area contributed by atoms with Gasteiger partial charge in [0.1, 0.15) is 0 Å². The zero-order valence-electron chi connectivity index (χ0n) is 13.6. The van der Waals surface area contributed by atoms with Crippen molar-refractivity contribution in [1.29, 1.82) is 0 Å². The first-order chi connectivity index (χ1) is 10.4. The molecule has 1 rings (SSSR count). The summed E-state index contributed by atoms with van der Waals surface area (Å²) in [7, 11) is 3.16. The molecule has 0 spiro atoms. The molecule has 0 aromatic heterocycles. The minimum absolute atomic E-state index is 0.314. The molecule has 5 nitrogen and oxygen atoms in total. The van der Waals surface area contributed by atoms with Crippen molar-refractivity contribution in [2.24, 2.45) is 10.9 Å². The Bertz CT molecular complexity index is 349. The van der Waals surface area contributed by atoms with Gasteiger partial charge in [0.25, 0.3) is 0 Å². The summed E-state index contributed by atoms with van der Waals surface area (Å²) < 4.78 is 42.2. The van der Waals surface area contributed by atoms with E-state index in [1.54, 1.807) is 7.05 Å². The summed E-state index contributed by atoms with van der Waals surface area (Å²) in [5, 5.41) is 3.13. The van der Waals surface area contributed by atoms with Crippen LogP contribution < -0.4 is 5.32 Å². The van der Waals surface area contributed by atoms with Crippen LogP contribution in [0.1, 0.15) is 13.3 Å². The van der Waals surface area contributed by atoms with Crippen molar-refractivity contribution in [3.8, 4) is 0 Å². The smallest absolute Gasteiger partial charge is 0.381 e. The summed E-state index contributed by atoms with van der Waals surface area (Å²) in [6.07, 6.45) is -3.10. The van der Waals surface area contributed by atoms with E-state index in [0.29, 0.717) is 19.0 Å². The monoisotopic (exact) mass is 324 g/mol. The Balaban J connectivity index is 2.29. The third-order valence-electron chi connectivity index (χ3n) is 3.58. The average Bonchev–Trinajstić information content (AvgIpc) is 2.88. The second-order valence-corrected chi connectivity index (χ2v) is 5.59. The van der Waals surface area contributed by atoms with Gasteiger partial charge in [0.05, 0.1) is 13.2 Å². The van der Waals surface area contributed by atoms with Crippen molar-refractivity contribution in [1.82, 2.24) is 15.1 Å². The molecule has 1 fully saturated rings. The Morgan fingerprint density at radius 1 is 1.45 bits per heavy atom. The number of nitrogens with zero attached hydrogens (tertiary/aromatic N) is 3. The van der Waals surface area contributed by atoms with E-state index in [1.165, 1.54) is 11.9 Å². The van der Waals surface area contributed by atoms with E-state index >= 15 is 0 Å². The molecule has 1 atom stereocenters. The van der Waals surface area contributed by atoms with Crippen LogP contribution in [0.4, 0.5) is 13.2 Å². The number of aliphatic imine (C=N–C) groups is 1. The number of likely N-dealkylation sites (tertiary alicyclic amines) is 1. The second-order valence-electron chi connectivity index (χ2n) is 5.59. The number of nitrogens with one attached hydrogen (secondary N) is 1. The number of hydrogen-bond donors (Lipinski definition) is 1. The number of halogens is 3. The Kier molecular flexibility index (Phi) is 7.95. The lowest BCUT2D eigenvalue weighted by Gasteiger charge is -2.23. The van der Waals surface area contributed by atoms with Gasteiger partial charge in [0.15, 0.2) is 5.96 Å². The van der Waals surface area contributed by atoms with E-state index in [0.717, 1.165) is 38.7 Å². The molecular formula is C14H27F3N4O. The van der Waals surface area contributed by atoms with E-state index in [4.69, 9.17) is 4.74 Å². The third kappa shape index (κ3) is 7.31. The SMILES string of the molecule is CCOCC1CCN(C(=NC)NCCN(C)CC(F)(F)F)C1. The molecule has 22 heavy (non-hydrogen) atoms. The maximum Gasteiger partial charge on any atom is 0.401 e. The number of hydrogen-bond acceptors (Lipinski definition) is 3. The molecule has 1 saturated heterocycles. The number of likely N-dealkylation sites (N-methyl/N-ethyl adjacent to an activating group) is 1. The van der Waals surface area contributed by atoms with Crippen molar-refractivity contribution in [2.75, 3.05) is 60.0 Å². The third-order valence-corrected chi connectivity index (χ3v) is 3.58. The Labute approximate surface area is 130 Å². The van der Waals surface area contributed by atoms with Crippen LogP contribution in [0.2, 0.25) is 0 Å². The van der Waals surface area contributed by atoms with Crippen LogP contribution in [0.3, 0.4) is 0 Å². The van der Waals surface area contributed by atoms with Gasteiger partial charge in [-0.05, 0) is 20.4 Å².